The van der Waals surface area contributed by atoms with Crippen molar-refractivity contribution < 1.29 is 21.8 Å². The van der Waals surface area contributed by atoms with E-state index in [2.05, 4.69) is 4.98 Å². The minimum Gasteiger partial charge on any atom is -1.00 e. The van der Waals surface area contributed by atoms with Crippen LogP contribution in [-0.4, -0.2) is 11.3 Å². The Hall–Kier alpha value is -1.31. The van der Waals surface area contributed by atoms with Crippen molar-refractivity contribution in [2.45, 2.75) is 6.92 Å². The molecule has 1 aromatic heterocycles. The van der Waals surface area contributed by atoms with E-state index in [1.807, 2.05) is 43.5 Å². The summed E-state index contributed by atoms with van der Waals surface area (Å²) in [5, 5.41) is 1.05. The zero-order valence-electron chi connectivity index (χ0n) is 7.62. The lowest BCUT2D eigenvalue weighted by atomic mass is 10.1. The third-order valence-electron chi connectivity index (χ3n) is 2.01. The van der Waals surface area contributed by atoms with Crippen molar-refractivity contribution in [3.05, 3.63) is 41.6 Å². The number of rotatable bonds is 1. The van der Waals surface area contributed by atoms with Gasteiger partial charge in [0.1, 0.15) is 5.56 Å². The number of halogens is 1. The summed E-state index contributed by atoms with van der Waals surface area (Å²) in [5.74, 6) is 0. The summed E-state index contributed by atoms with van der Waals surface area (Å²) in [6, 6.07) is 9.66. The van der Waals surface area contributed by atoms with Crippen LogP contribution in [0.15, 0.2) is 30.3 Å². The number of hydrogen-bond acceptors (Lipinski definition) is 2. The van der Waals surface area contributed by atoms with Crippen molar-refractivity contribution in [2.75, 3.05) is 0 Å². The predicted octanol–water partition coefficient (Wildman–Crippen LogP) is -0.995. The van der Waals surface area contributed by atoms with Crippen molar-refractivity contribution >= 4 is 17.2 Å². The number of fused-ring (bicyclic) bond motifs is 1. The van der Waals surface area contributed by atoms with Crippen LogP contribution in [0.5, 0.6) is 0 Å². The van der Waals surface area contributed by atoms with Crippen LogP contribution in [0.1, 0.15) is 11.3 Å². The van der Waals surface area contributed by atoms with Gasteiger partial charge in [0, 0.05) is 18.4 Å². The quantitative estimate of drug-likeness (QED) is 0.608. The average molecular weight is 250 g/mol. The van der Waals surface area contributed by atoms with Gasteiger partial charge in [-0.25, -0.2) is 0 Å². The molecule has 0 saturated carbocycles. The molecule has 2 nitrogen and oxygen atoms in total. The first-order chi connectivity index (χ1) is 6.31. The summed E-state index contributed by atoms with van der Waals surface area (Å²) >= 11 is 0. The zero-order chi connectivity index (χ0) is 9.26. The van der Waals surface area contributed by atoms with E-state index in [-0.39, 0.29) is 17.0 Å². The molecule has 0 aliphatic rings. The van der Waals surface area contributed by atoms with Gasteiger partial charge in [-0.2, -0.15) is 4.98 Å². The van der Waals surface area contributed by atoms with Gasteiger partial charge in [0.05, 0.1) is 5.52 Å². The van der Waals surface area contributed by atoms with E-state index in [1.165, 1.54) is 0 Å². The molecule has 3 heteroatoms. The van der Waals surface area contributed by atoms with Crippen LogP contribution in [-0.2, 0) is 4.79 Å². The van der Waals surface area contributed by atoms with Crippen molar-refractivity contribution in [1.29, 1.82) is 0 Å². The second-order valence-corrected chi connectivity index (χ2v) is 2.95. The Morgan fingerprint density at radius 1 is 1.29 bits per heavy atom. The highest BCUT2D eigenvalue weighted by atomic mass is 79.9. The summed E-state index contributed by atoms with van der Waals surface area (Å²) in [6.45, 7) is 1.86. The molecule has 1 aromatic carbocycles. The van der Waals surface area contributed by atoms with Crippen LogP contribution in [0.4, 0.5) is 0 Å². The van der Waals surface area contributed by atoms with E-state index in [9.17, 15) is 4.79 Å². The van der Waals surface area contributed by atoms with E-state index in [0.29, 0.717) is 5.69 Å². The molecule has 1 heterocycles. The molecule has 70 valence electrons. The highest BCUT2D eigenvalue weighted by molar-refractivity contribution is 5.85. The van der Waals surface area contributed by atoms with E-state index >= 15 is 0 Å². The van der Waals surface area contributed by atoms with Crippen LogP contribution in [0.3, 0.4) is 0 Å². The van der Waals surface area contributed by atoms with E-state index < -0.39 is 0 Å². The second-order valence-electron chi connectivity index (χ2n) is 2.95. The maximum Gasteiger partial charge on any atom is 0.387 e. The van der Waals surface area contributed by atoms with Gasteiger partial charge in [-0.3, -0.25) is 0 Å². The minimum absolute atomic E-state index is 0. The van der Waals surface area contributed by atoms with Gasteiger partial charge < -0.3 is 17.0 Å². The SMILES string of the molecule is Cc1cc2ccccc2nc1[C+]=O.[Br-]. The monoisotopic (exact) mass is 249 g/mol. The van der Waals surface area contributed by atoms with Crippen molar-refractivity contribution in [3.8, 4) is 0 Å². The van der Waals surface area contributed by atoms with E-state index in [1.54, 1.807) is 0 Å². The molecule has 0 N–H and O–H groups in total. The zero-order valence-corrected chi connectivity index (χ0v) is 9.21. The number of carbonyl (C=O) groups excluding carboxylic acids is 1. The number of benzene rings is 1. The molecule has 0 aliphatic heterocycles. The standard InChI is InChI=1S/C11H8NO.BrH/c1-8-6-9-4-2-3-5-10(9)12-11(8)7-13;/h2-6H,1H3;1H/q+1;/p-1. The van der Waals surface area contributed by atoms with Crippen molar-refractivity contribution in [1.82, 2.24) is 4.98 Å². The predicted molar refractivity (Wildman–Crippen MR) is 51.3 cm³/mol. The van der Waals surface area contributed by atoms with Crippen LogP contribution in [0, 0.1) is 6.92 Å². The third-order valence-corrected chi connectivity index (χ3v) is 2.01. The summed E-state index contributed by atoms with van der Waals surface area (Å²) in [7, 11) is 0. The Morgan fingerprint density at radius 3 is 2.71 bits per heavy atom. The Morgan fingerprint density at radius 2 is 2.00 bits per heavy atom. The molecule has 14 heavy (non-hydrogen) atoms. The van der Waals surface area contributed by atoms with Crippen LogP contribution >= 0.6 is 0 Å². The first kappa shape index (κ1) is 10.8. The molecular formula is C11H8BrNO. The highest BCUT2D eigenvalue weighted by Gasteiger charge is 2.12. The third kappa shape index (κ3) is 1.79. The molecular weight excluding hydrogens is 242 g/mol. The van der Waals surface area contributed by atoms with Gasteiger partial charge in [0.2, 0.25) is 0 Å². The number of pyridine rings is 1. The molecule has 0 spiro atoms. The summed E-state index contributed by atoms with van der Waals surface area (Å²) in [6.07, 6.45) is 1.83. The van der Waals surface area contributed by atoms with Gasteiger partial charge in [-0.1, -0.05) is 23.0 Å². The lowest BCUT2D eigenvalue weighted by Crippen LogP contribution is -3.00. The van der Waals surface area contributed by atoms with E-state index in [0.717, 1.165) is 16.5 Å². The summed E-state index contributed by atoms with van der Waals surface area (Å²) in [5.41, 5.74) is 2.11. The molecule has 0 amide bonds. The molecule has 0 unspecified atom stereocenters. The van der Waals surface area contributed by atoms with Crippen LogP contribution in [0.25, 0.3) is 10.9 Å². The minimum atomic E-state index is 0. The van der Waals surface area contributed by atoms with Gasteiger partial charge in [-0.05, 0) is 6.07 Å². The van der Waals surface area contributed by atoms with Crippen LogP contribution in [0.2, 0.25) is 0 Å². The average Bonchev–Trinajstić information content (AvgIpc) is 2.17. The Balaban J connectivity index is 0.000000980. The van der Waals surface area contributed by atoms with Gasteiger partial charge in [0.25, 0.3) is 0 Å². The first-order valence-corrected chi connectivity index (χ1v) is 4.06. The Bertz CT molecular complexity index is 468. The molecule has 0 fully saturated rings. The van der Waals surface area contributed by atoms with Crippen molar-refractivity contribution in [2.24, 2.45) is 0 Å². The molecule has 0 radical (unpaired) electrons. The topological polar surface area (TPSA) is 30.0 Å². The first-order valence-electron chi connectivity index (χ1n) is 4.06. The highest BCUT2D eigenvalue weighted by Crippen LogP contribution is 2.14. The van der Waals surface area contributed by atoms with Gasteiger partial charge in [-0.15, -0.1) is 0 Å². The van der Waals surface area contributed by atoms with Crippen molar-refractivity contribution in [3.63, 3.8) is 0 Å². The molecule has 0 saturated heterocycles. The normalized spacial score (nSPS) is 9.21. The lowest BCUT2D eigenvalue weighted by Gasteiger charge is -1.93. The Kier molecular flexibility index (Phi) is 3.28. The second kappa shape index (κ2) is 4.27. The number of para-hydroxylation sites is 1. The molecule has 2 rings (SSSR count). The largest absolute Gasteiger partial charge is 1.00 e. The number of nitrogens with zero attached hydrogens (tertiary/aromatic N) is 1. The summed E-state index contributed by atoms with van der Waals surface area (Å²) < 4.78 is 0. The van der Waals surface area contributed by atoms with Crippen LogP contribution < -0.4 is 17.0 Å². The maximum absolute atomic E-state index is 10.5. The smallest absolute Gasteiger partial charge is 0.387 e. The molecule has 0 atom stereocenters. The number of aryl methyl sites for hydroxylation is 1. The fourth-order valence-electron chi connectivity index (χ4n) is 1.32. The maximum atomic E-state index is 10.5. The van der Waals surface area contributed by atoms with Gasteiger partial charge >= 0.3 is 12.0 Å². The Labute approximate surface area is 92.7 Å². The lowest BCUT2D eigenvalue weighted by molar-refractivity contribution is -0.00000376. The molecule has 2 aromatic rings. The van der Waals surface area contributed by atoms with E-state index in [4.69, 9.17) is 0 Å². The molecule has 0 aliphatic carbocycles. The molecule has 0 bridgehead atoms. The number of hydrogen-bond donors (Lipinski definition) is 0. The number of aromatic nitrogens is 1. The fourth-order valence-corrected chi connectivity index (χ4v) is 1.32. The van der Waals surface area contributed by atoms with Gasteiger partial charge in [0.15, 0.2) is 0 Å². The summed E-state index contributed by atoms with van der Waals surface area (Å²) in [4.78, 5) is 14.7. The fraction of sp³-hybridized carbons (Fsp3) is 0.0909.